The second-order valence-electron chi connectivity index (χ2n) is 4.07. The van der Waals surface area contributed by atoms with Crippen LogP contribution in [0.3, 0.4) is 0 Å². The first-order chi connectivity index (χ1) is 9.65. The third-order valence-corrected chi connectivity index (χ3v) is 2.73. The average Bonchev–Trinajstić information content (AvgIpc) is 2.88. The molecule has 2 aromatic heterocycles. The summed E-state index contributed by atoms with van der Waals surface area (Å²) in [5.41, 5.74) is 5.79. The first-order valence-corrected chi connectivity index (χ1v) is 5.74. The van der Waals surface area contributed by atoms with Gasteiger partial charge in [0.05, 0.1) is 0 Å². The van der Waals surface area contributed by atoms with Crippen molar-refractivity contribution < 1.29 is 0 Å². The lowest BCUT2D eigenvalue weighted by Crippen LogP contribution is -2.27. The predicted molar refractivity (Wildman–Crippen MR) is 72.4 cm³/mol. The van der Waals surface area contributed by atoms with Crippen molar-refractivity contribution in [3.63, 3.8) is 0 Å². The second kappa shape index (κ2) is 4.50. The highest BCUT2D eigenvalue weighted by atomic mass is 16.2. The van der Waals surface area contributed by atoms with E-state index in [4.69, 9.17) is 5.73 Å². The lowest BCUT2D eigenvalue weighted by molar-refractivity contribution is 0.828. The standard InChI is InChI=1S/C12H10N6O2/c13-8-3-1-7(2-4-8)9-14-5-6-18(9)10-11(19)15-12(20)17-16-10/h1-6H,13H2,(H2,15,17,19,20). The van der Waals surface area contributed by atoms with E-state index in [1.165, 1.54) is 10.8 Å². The summed E-state index contributed by atoms with van der Waals surface area (Å²) in [4.78, 5) is 29.1. The SMILES string of the molecule is Nc1ccc(-c2nccn2-c2n[nH]c(=O)[nH]c2=O)cc1. The van der Waals surface area contributed by atoms with Crippen LogP contribution in [0, 0.1) is 0 Å². The molecule has 0 saturated heterocycles. The molecule has 20 heavy (non-hydrogen) atoms. The van der Waals surface area contributed by atoms with Gasteiger partial charge in [0, 0.05) is 23.6 Å². The van der Waals surface area contributed by atoms with Gasteiger partial charge in [0.2, 0.25) is 5.82 Å². The van der Waals surface area contributed by atoms with Crippen molar-refractivity contribution >= 4 is 5.69 Å². The minimum absolute atomic E-state index is 0.0360. The van der Waals surface area contributed by atoms with E-state index in [1.54, 1.807) is 30.5 Å². The maximum absolute atomic E-state index is 11.8. The average molecular weight is 270 g/mol. The van der Waals surface area contributed by atoms with Crippen LogP contribution in [-0.2, 0) is 0 Å². The van der Waals surface area contributed by atoms with Crippen LogP contribution in [0.25, 0.3) is 17.2 Å². The van der Waals surface area contributed by atoms with Crippen LogP contribution in [0.2, 0.25) is 0 Å². The summed E-state index contributed by atoms with van der Waals surface area (Å²) in [6.45, 7) is 0. The van der Waals surface area contributed by atoms with Crippen molar-refractivity contribution in [2.45, 2.75) is 0 Å². The summed E-state index contributed by atoms with van der Waals surface area (Å²) in [6.07, 6.45) is 3.12. The van der Waals surface area contributed by atoms with Crippen molar-refractivity contribution in [1.82, 2.24) is 24.7 Å². The Morgan fingerprint density at radius 3 is 2.60 bits per heavy atom. The predicted octanol–water partition coefficient (Wildman–Crippen LogP) is -0.107. The monoisotopic (exact) mass is 270 g/mol. The molecule has 0 bridgehead atoms. The number of aromatic nitrogens is 5. The van der Waals surface area contributed by atoms with Gasteiger partial charge in [-0.3, -0.25) is 14.3 Å². The molecule has 0 aliphatic carbocycles. The van der Waals surface area contributed by atoms with E-state index in [9.17, 15) is 9.59 Å². The van der Waals surface area contributed by atoms with Gasteiger partial charge in [0.1, 0.15) is 5.82 Å². The smallest absolute Gasteiger partial charge is 0.342 e. The van der Waals surface area contributed by atoms with Crippen molar-refractivity contribution in [2.75, 3.05) is 5.73 Å². The van der Waals surface area contributed by atoms with E-state index in [-0.39, 0.29) is 5.82 Å². The number of nitrogen functional groups attached to an aromatic ring is 1. The van der Waals surface area contributed by atoms with Crippen molar-refractivity contribution in [3.8, 4) is 17.2 Å². The van der Waals surface area contributed by atoms with Gasteiger partial charge in [-0.25, -0.2) is 14.9 Å². The normalized spacial score (nSPS) is 10.6. The van der Waals surface area contributed by atoms with Gasteiger partial charge in [-0.15, -0.1) is 5.10 Å². The zero-order valence-corrected chi connectivity index (χ0v) is 10.2. The highest BCUT2D eigenvalue weighted by molar-refractivity contribution is 5.60. The summed E-state index contributed by atoms with van der Waals surface area (Å²) < 4.78 is 1.49. The molecule has 8 heteroatoms. The highest BCUT2D eigenvalue weighted by Crippen LogP contribution is 2.19. The molecule has 1 aromatic carbocycles. The molecule has 0 atom stereocenters. The molecule has 0 fully saturated rings. The van der Waals surface area contributed by atoms with Crippen LogP contribution in [-0.4, -0.2) is 24.7 Å². The molecule has 8 nitrogen and oxygen atoms in total. The van der Waals surface area contributed by atoms with Gasteiger partial charge in [0.15, 0.2) is 0 Å². The van der Waals surface area contributed by atoms with Crippen LogP contribution in [0.4, 0.5) is 5.69 Å². The molecular weight excluding hydrogens is 260 g/mol. The quantitative estimate of drug-likeness (QED) is 0.561. The lowest BCUT2D eigenvalue weighted by atomic mass is 10.2. The lowest BCUT2D eigenvalue weighted by Gasteiger charge is -2.05. The fourth-order valence-corrected chi connectivity index (χ4v) is 1.82. The Kier molecular flexibility index (Phi) is 2.68. The number of hydrogen-bond acceptors (Lipinski definition) is 5. The third-order valence-electron chi connectivity index (χ3n) is 2.73. The number of nitrogens with zero attached hydrogens (tertiary/aromatic N) is 3. The molecule has 3 aromatic rings. The summed E-state index contributed by atoms with van der Waals surface area (Å²) in [5, 5.41) is 5.93. The van der Waals surface area contributed by atoms with Crippen LogP contribution in [0.1, 0.15) is 0 Å². The number of anilines is 1. The van der Waals surface area contributed by atoms with Crippen LogP contribution < -0.4 is 17.0 Å². The Morgan fingerprint density at radius 2 is 1.90 bits per heavy atom. The van der Waals surface area contributed by atoms with Crippen molar-refractivity contribution in [2.24, 2.45) is 0 Å². The third kappa shape index (κ3) is 1.99. The van der Waals surface area contributed by atoms with Crippen LogP contribution in [0.5, 0.6) is 0 Å². The molecule has 0 radical (unpaired) electrons. The molecule has 0 unspecified atom stereocenters. The van der Waals surface area contributed by atoms with Crippen LogP contribution in [0.15, 0.2) is 46.2 Å². The van der Waals surface area contributed by atoms with E-state index >= 15 is 0 Å². The zero-order valence-electron chi connectivity index (χ0n) is 10.2. The number of H-pyrrole nitrogens is 2. The highest BCUT2D eigenvalue weighted by Gasteiger charge is 2.12. The summed E-state index contributed by atoms with van der Waals surface area (Å²) >= 11 is 0. The Balaban J connectivity index is 2.17. The molecular formula is C12H10N6O2. The van der Waals surface area contributed by atoms with E-state index in [2.05, 4.69) is 20.2 Å². The van der Waals surface area contributed by atoms with Crippen molar-refractivity contribution in [3.05, 3.63) is 57.5 Å². The second-order valence-corrected chi connectivity index (χ2v) is 4.07. The number of imidazole rings is 1. The maximum atomic E-state index is 11.8. The molecule has 100 valence electrons. The van der Waals surface area contributed by atoms with Crippen LogP contribution >= 0.6 is 0 Å². The number of rotatable bonds is 2. The maximum Gasteiger partial charge on any atom is 0.342 e. The summed E-state index contributed by atoms with van der Waals surface area (Å²) in [7, 11) is 0. The summed E-state index contributed by atoms with van der Waals surface area (Å²) in [5.74, 6) is 0.559. The number of aromatic amines is 2. The molecule has 3 rings (SSSR count). The minimum atomic E-state index is -0.659. The Morgan fingerprint density at radius 1 is 1.15 bits per heavy atom. The fraction of sp³-hybridized carbons (Fsp3) is 0. The van der Waals surface area contributed by atoms with Crippen molar-refractivity contribution in [1.29, 1.82) is 0 Å². The largest absolute Gasteiger partial charge is 0.399 e. The fourth-order valence-electron chi connectivity index (χ4n) is 1.82. The van der Waals surface area contributed by atoms with E-state index in [0.29, 0.717) is 11.5 Å². The molecule has 0 saturated carbocycles. The van der Waals surface area contributed by atoms with Gasteiger partial charge >= 0.3 is 5.69 Å². The van der Waals surface area contributed by atoms with Gasteiger partial charge in [-0.05, 0) is 24.3 Å². The number of hydrogen-bond donors (Lipinski definition) is 3. The van der Waals surface area contributed by atoms with E-state index < -0.39 is 11.2 Å². The van der Waals surface area contributed by atoms with Gasteiger partial charge < -0.3 is 5.73 Å². The Hall–Kier alpha value is -3.16. The van der Waals surface area contributed by atoms with E-state index in [0.717, 1.165) is 5.56 Å². The Bertz CT molecular complexity index is 858. The Labute approximate surface area is 111 Å². The zero-order chi connectivity index (χ0) is 14.1. The minimum Gasteiger partial charge on any atom is -0.399 e. The summed E-state index contributed by atoms with van der Waals surface area (Å²) in [6, 6.07) is 7.04. The first kappa shape index (κ1) is 11.9. The first-order valence-electron chi connectivity index (χ1n) is 5.74. The molecule has 4 N–H and O–H groups in total. The molecule has 0 aliphatic heterocycles. The number of nitrogens with two attached hydrogens (primary N) is 1. The van der Waals surface area contributed by atoms with Gasteiger partial charge in [-0.1, -0.05) is 0 Å². The van der Waals surface area contributed by atoms with Gasteiger partial charge in [-0.2, -0.15) is 0 Å². The van der Waals surface area contributed by atoms with E-state index in [1.807, 2.05) is 0 Å². The number of nitrogens with one attached hydrogen (secondary N) is 2. The molecule has 0 spiro atoms. The topological polar surface area (TPSA) is 122 Å². The van der Waals surface area contributed by atoms with Gasteiger partial charge in [0.25, 0.3) is 5.56 Å². The molecule has 2 heterocycles. The molecule has 0 amide bonds. The molecule has 0 aliphatic rings. The number of benzene rings is 1.